The van der Waals surface area contributed by atoms with E-state index in [0.717, 1.165) is 18.0 Å². The molecule has 1 fully saturated rings. The summed E-state index contributed by atoms with van der Waals surface area (Å²) in [6.45, 7) is 4.36. The van der Waals surface area contributed by atoms with E-state index in [4.69, 9.17) is 23.2 Å². The lowest BCUT2D eigenvalue weighted by molar-refractivity contribution is 0.0655. The minimum atomic E-state index is -0.0223. The Morgan fingerprint density at radius 1 is 1.42 bits per heavy atom. The Bertz CT molecular complexity index is 496. The third-order valence-corrected chi connectivity index (χ3v) is 4.75. The Labute approximate surface area is 127 Å². The monoisotopic (exact) mass is 318 g/mol. The van der Waals surface area contributed by atoms with Crippen LogP contribution in [0.3, 0.4) is 0 Å². The molecule has 1 heterocycles. The predicted octanol–water partition coefficient (Wildman–Crippen LogP) is 3.15. The second kappa shape index (κ2) is 6.35. The highest BCUT2D eigenvalue weighted by Gasteiger charge is 2.26. The van der Waals surface area contributed by atoms with Crippen LogP contribution in [0.1, 0.15) is 17.3 Å². The zero-order valence-corrected chi connectivity index (χ0v) is 13.2. The molecule has 1 saturated heterocycles. The number of carbonyl (C=O) groups excluding carboxylic acids is 1. The van der Waals surface area contributed by atoms with Gasteiger partial charge in [0.1, 0.15) is 0 Å². The van der Waals surface area contributed by atoms with Crippen LogP contribution in [0.25, 0.3) is 0 Å². The fourth-order valence-corrected chi connectivity index (χ4v) is 3.33. The summed E-state index contributed by atoms with van der Waals surface area (Å²) in [5, 5.41) is 4.27. The maximum atomic E-state index is 12.6. The number of amides is 1. The first-order chi connectivity index (χ1) is 9.04. The third-order valence-electron chi connectivity index (χ3n) is 3.23. The molecule has 1 aliphatic rings. The highest BCUT2D eigenvalue weighted by Crippen LogP contribution is 2.32. The fourth-order valence-electron chi connectivity index (χ4n) is 2.15. The molecule has 0 spiro atoms. The zero-order chi connectivity index (χ0) is 14.0. The van der Waals surface area contributed by atoms with E-state index in [9.17, 15) is 4.79 Å². The lowest BCUT2D eigenvalue weighted by Gasteiger charge is -2.34. The summed E-state index contributed by atoms with van der Waals surface area (Å²) in [5.41, 5.74) is 0.532. The molecule has 104 valence electrons. The molecule has 3 nitrogen and oxygen atoms in total. The Morgan fingerprint density at radius 2 is 2.16 bits per heavy atom. The number of halogens is 2. The Balaban J connectivity index is 2.32. The summed E-state index contributed by atoms with van der Waals surface area (Å²) in [4.78, 5) is 15.3. The molecular formula is C13H16Cl2N2OS. The molecule has 0 unspecified atom stereocenters. The summed E-state index contributed by atoms with van der Waals surface area (Å²) in [5.74, 6) is -0.0223. The standard InChI is InChI=1S/C13H16Cl2N2OS/c1-8-7-16-3-4-17(8)13(18)9-5-12(19-2)11(15)6-10(9)14/h5-6,8,16H,3-4,7H2,1-2H3/t8-/m0/s1. The zero-order valence-electron chi connectivity index (χ0n) is 10.9. The Kier molecular flexibility index (Phi) is 5.01. The van der Waals surface area contributed by atoms with Gasteiger partial charge in [-0.2, -0.15) is 0 Å². The van der Waals surface area contributed by atoms with Crippen molar-refractivity contribution in [1.29, 1.82) is 0 Å². The third kappa shape index (κ3) is 3.19. The summed E-state index contributed by atoms with van der Waals surface area (Å²) < 4.78 is 0. The van der Waals surface area contributed by atoms with Crippen LogP contribution in [0.4, 0.5) is 0 Å². The number of thioether (sulfide) groups is 1. The number of benzene rings is 1. The van der Waals surface area contributed by atoms with Crippen molar-refractivity contribution in [1.82, 2.24) is 10.2 Å². The number of nitrogens with zero attached hydrogens (tertiary/aromatic N) is 1. The smallest absolute Gasteiger partial charge is 0.255 e. The van der Waals surface area contributed by atoms with E-state index in [1.807, 2.05) is 18.1 Å². The molecule has 2 rings (SSSR count). The molecular weight excluding hydrogens is 303 g/mol. The molecule has 0 radical (unpaired) electrons. The second-order valence-corrected chi connectivity index (χ2v) is 6.18. The van der Waals surface area contributed by atoms with Crippen LogP contribution in [0, 0.1) is 0 Å². The Hall–Kier alpha value is -0.420. The van der Waals surface area contributed by atoms with Gasteiger partial charge >= 0.3 is 0 Å². The predicted molar refractivity (Wildman–Crippen MR) is 81.6 cm³/mol. The number of nitrogens with one attached hydrogen (secondary N) is 1. The van der Waals surface area contributed by atoms with Gasteiger partial charge in [0.2, 0.25) is 0 Å². The van der Waals surface area contributed by atoms with Crippen LogP contribution in [-0.2, 0) is 0 Å². The van der Waals surface area contributed by atoms with Crippen LogP contribution >= 0.6 is 35.0 Å². The van der Waals surface area contributed by atoms with Crippen molar-refractivity contribution in [2.45, 2.75) is 17.9 Å². The van der Waals surface area contributed by atoms with Crippen molar-refractivity contribution in [3.05, 3.63) is 27.7 Å². The van der Waals surface area contributed by atoms with Crippen molar-refractivity contribution in [2.75, 3.05) is 25.9 Å². The topological polar surface area (TPSA) is 32.3 Å². The van der Waals surface area contributed by atoms with E-state index in [-0.39, 0.29) is 11.9 Å². The van der Waals surface area contributed by atoms with E-state index in [1.54, 1.807) is 12.1 Å². The van der Waals surface area contributed by atoms with Crippen molar-refractivity contribution in [3.8, 4) is 0 Å². The van der Waals surface area contributed by atoms with Gasteiger partial charge in [-0.1, -0.05) is 23.2 Å². The van der Waals surface area contributed by atoms with Crippen LogP contribution in [0.2, 0.25) is 10.0 Å². The van der Waals surface area contributed by atoms with E-state index in [2.05, 4.69) is 5.32 Å². The van der Waals surface area contributed by atoms with Crippen LogP contribution in [0.5, 0.6) is 0 Å². The van der Waals surface area contributed by atoms with Crippen LogP contribution < -0.4 is 5.32 Å². The number of rotatable bonds is 2. The van der Waals surface area contributed by atoms with Gasteiger partial charge < -0.3 is 10.2 Å². The van der Waals surface area contributed by atoms with Gasteiger partial charge in [-0.15, -0.1) is 11.8 Å². The first kappa shape index (κ1) is 15.0. The summed E-state index contributed by atoms with van der Waals surface area (Å²) in [6, 6.07) is 3.60. The number of hydrogen-bond acceptors (Lipinski definition) is 3. The molecule has 1 aromatic rings. The minimum absolute atomic E-state index is 0.0223. The van der Waals surface area contributed by atoms with Gasteiger partial charge in [0, 0.05) is 30.6 Å². The second-order valence-electron chi connectivity index (χ2n) is 4.52. The molecule has 0 aromatic heterocycles. The molecule has 0 saturated carbocycles. The summed E-state index contributed by atoms with van der Waals surface area (Å²) in [6.07, 6.45) is 1.93. The van der Waals surface area contributed by atoms with Gasteiger partial charge in [-0.25, -0.2) is 0 Å². The quantitative estimate of drug-likeness (QED) is 0.850. The van der Waals surface area contributed by atoms with Crippen LogP contribution in [0.15, 0.2) is 17.0 Å². The van der Waals surface area contributed by atoms with E-state index in [0.29, 0.717) is 22.2 Å². The summed E-state index contributed by atoms with van der Waals surface area (Å²) in [7, 11) is 0. The van der Waals surface area contributed by atoms with Gasteiger partial charge in [0.15, 0.2) is 0 Å². The number of piperazine rings is 1. The van der Waals surface area contributed by atoms with Gasteiger partial charge in [-0.3, -0.25) is 4.79 Å². The van der Waals surface area contributed by atoms with Gasteiger partial charge in [0.05, 0.1) is 15.6 Å². The highest BCUT2D eigenvalue weighted by molar-refractivity contribution is 7.98. The Morgan fingerprint density at radius 3 is 2.79 bits per heavy atom. The molecule has 1 N–H and O–H groups in total. The molecule has 6 heteroatoms. The first-order valence-corrected chi connectivity index (χ1v) is 8.07. The largest absolute Gasteiger partial charge is 0.333 e. The summed E-state index contributed by atoms with van der Waals surface area (Å²) >= 11 is 13.8. The molecule has 0 bridgehead atoms. The number of carbonyl (C=O) groups is 1. The van der Waals surface area contributed by atoms with E-state index in [1.165, 1.54) is 11.8 Å². The lowest BCUT2D eigenvalue weighted by atomic mass is 10.1. The minimum Gasteiger partial charge on any atom is -0.333 e. The van der Waals surface area contributed by atoms with Crippen molar-refractivity contribution in [2.24, 2.45) is 0 Å². The molecule has 1 aliphatic heterocycles. The molecule has 1 amide bonds. The molecule has 1 aromatic carbocycles. The van der Waals surface area contributed by atoms with Crippen molar-refractivity contribution >= 4 is 40.9 Å². The SMILES string of the molecule is CSc1cc(C(=O)N2CCNC[C@@H]2C)c(Cl)cc1Cl. The van der Waals surface area contributed by atoms with Gasteiger partial charge in [0.25, 0.3) is 5.91 Å². The van der Waals surface area contributed by atoms with Crippen molar-refractivity contribution < 1.29 is 4.79 Å². The first-order valence-electron chi connectivity index (χ1n) is 6.09. The average molecular weight is 319 g/mol. The molecule has 1 atom stereocenters. The maximum Gasteiger partial charge on any atom is 0.255 e. The highest BCUT2D eigenvalue weighted by atomic mass is 35.5. The maximum absolute atomic E-state index is 12.6. The molecule has 0 aliphatic carbocycles. The van der Waals surface area contributed by atoms with Crippen molar-refractivity contribution in [3.63, 3.8) is 0 Å². The fraction of sp³-hybridized carbons (Fsp3) is 0.462. The number of hydrogen-bond donors (Lipinski definition) is 1. The van der Waals surface area contributed by atoms with Gasteiger partial charge in [-0.05, 0) is 25.3 Å². The van der Waals surface area contributed by atoms with Crippen LogP contribution in [-0.4, -0.2) is 42.7 Å². The van der Waals surface area contributed by atoms with E-state index >= 15 is 0 Å². The van der Waals surface area contributed by atoms with E-state index < -0.39 is 0 Å². The average Bonchev–Trinajstić information content (AvgIpc) is 2.39. The molecule has 19 heavy (non-hydrogen) atoms. The lowest BCUT2D eigenvalue weighted by Crippen LogP contribution is -2.52. The normalized spacial score (nSPS) is 19.6.